The van der Waals surface area contributed by atoms with Crippen LogP contribution >= 0.6 is 11.6 Å². The zero-order valence-corrected chi connectivity index (χ0v) is 9.93. The minimum absolute atomic E-state index is 0.269. The third-order valence-corrected chi connectivity index (χ3v) is 3.76. The second kappa shape index (κ2) is 4.15. The molecule has 0 aromatic heterocycles. The molecule has 1 aliphatic carbocycles. The van der Waals surface area contributed by atoms with Gasteiger partial charge in [-0.05, 0) is 54.8 Å². The summed E-state index contributed by atoms with van der Waals surface area (Å²) in [6.45, 7) is 3.07. The molecular weight excluding hydrogens is 206 g/mol. The zero-order chi connectivity index (χ0) is 10.9. The maximum atomic E-state index is 5.98. The molecule has 1 fully saturated rings. The second-order valence-corrected chi connectivity index (χ2v) is 5.38. The van der Waals surface area contributed by atoms with E-state index in [1.807, 2.05) is 12.1 Å². The van der Waals surface area contributed by atoms with Crippen molar-refractivity contribution in [3.63, 3.8) is 0 Å². The standard InChI is InChI=1S/C13H18ClN/c1-13(9-15,11-5-6-11)8-10-3-2-4-12(14)7-10/h2-4,7,11H,5-6,8-9,15H2,1H3. The SMILES string of the molecule is CC(CN)(Cc1cccc(Cl)c1)C1CC1. The highest BCUT2D eigenvalue weighted by Gasteiger charge is 2.40. The minimum Gasteiger partial charge on any atom is -0.330 e. The highest BCUT2D eigenvalue weighted by atomic mass is 35.5. The van der Waals surface area contributed by atoms with Crippen LogP contribution in [0.25, 0.3) is 0 Å². The zero-order valence-electron chi connectivity index (χ0n) is 9.17. The predicted molar refractivity (Wildman–Crippen MR) is 65.0 cm³/mol. The molecule has 1 aromatic carbocycles. The lowest BCUT2D eigenvalue weighted by Gasteiger charge is -2.28. The number of rotatable bonds is 4. The van der Waals surface area contributed by atoms with E-state index in [9.17, 15) is 0 Å². The van der Waals surface area contributed by atoms with Crippen LogP contribution in [0.4, 0.5) is 0 Å². The van der Waals surface area contributed by atoms with E-state index in [0.29, 0.717) is 0 Å². The molecule has 2 rings (SSSR count). The lowest BCUT2D eigenvalue weighted by Crippen LogP contribution is -2.31. The Morgan fingerprint density at radius 1 is 1.47 bits per heavy atom. The summed E-state index contributed by atoms with van der Waals surface area (Å²) in [6.07, 6.45) is 3.73. The number of benzene rings is 1. The van der Waals surface area contributed by atoms with Crippen LogP contribution < -0.4 is 5.73 Å². The Morgan fingerprint density at radius 3 is 2.73 bits per heavy atom. The Balaban J connectivity index is 2.12. The molecule has 82 valence electrons. The molecule has 15 heavy (non-hydrogen) atoms. The van der Waals surface area contributed by atoms with Crippen LogP contribution in [0.3, 0.4) is 0 Å². The molecule has 1 saturated carbocycles. The van der Waals surface area contributed by atoms with Crippen LogP contribution in [-0.4, -0.2) is 6.54 Å². The predicted octanol–water partition coefficient (Wildman–Crippen LogP) is 3.26. The summed E-state index contributed by atoms with van der Waals surface area (Å²) in [5.74, 6) is 0.821. The van der Waals surface area contributed by atoms with Crippen LogP contribution in [-0.2, 0) is 6.42 Å². The van der Waals surface area contributed by atoms with Crippen molar-refractivity contribution in [2.24, 2.45) is 17.1 Å². The third-order valence-electron chi connectivity index (χ3n) is 3.53. The molecule has 1 aromatic rings. The van der Waals surface area contributed by atoms with Gasteiger partial charge in [-0.3, -0.25) is 0 Å². The monoisotopic (exact) mass is 223 g/mol. The Labute approximate surface area is 96.6 Å². The largest absolute Gasteiger partial charge is 0.330 e. The van der Waals surface area contributed by atoms with Gasteiger partial charge in [0.05, 0.1) is 0 Å². The van der Waals surface area contributed by atoms with Crippen molar-refractivity contribution in [1.29, 1.82) is 0 Å². The molecule has 0 radical (unpaired) electrons. The minimum atomic E-state index is 0.269. The van der Waals surface area contributed by atoms with Crippen LogP contribution in [0.1, 0.15) is 25.3 Å². The first-order valence-electron chi connectivity index (χ1n) is 5.58. The van der Waals surface area contributed by atoms with Gasteiger partial charge in [-0.15, -0.1) is 0 Å². The van der Waals surface area contributed by atoms with Crippen LogP contribution in [0, 0.1) is 11.3 Å². The normalized spacial score (nSPS) is 19.9. The Bertz CT molecular complexity index is 346. The molecule has 0 spiro atoms. The molecule has 0 heterocycles. The molecule has 0 saturated heterocycles. The van der Waals surface area contributed by atoms with E-state index in [1.165, 1.54) is 18.4 Å². The summed E-state index contributed by atoms with van der Waals surface area (Å²) in [6, 6.07) is 8.13. The van der Waals surface area contributed by atoms with Crippen molar-refractivity contribution in [1.82, 2.24) is 0 Å². The lowest BCUT2D eigenvalue weighted by molar-refractivity contribution is 0.282. The molecule has 2 N–H and O–H groups in total. The first-order valence-corrected chi connectivity index (χ1v) is 5.96. The van der Waals surface area contributed by atoms with Gasteiger partial charge in [0, 0.05) is 5.02 Å². The lowest BCUT2D eigenvalue weighted by atomic mass is 9.79. The summed E-state index contributed by atoms with van der Waals surface area (Å²) in [5, 5.41) is 0.822. The van der Waals surface area contributed by atoms with E-state index in [4.69, 9.17) is 17.3 Å². The van der Waals surface area contributed by atoms with E-state index >= 15 is 0 Å². The number of halogens is 1. The molecule has 0 amide bonds. The maximum absolute atomic E-state index is 5.98. The van der Waals surface area contributed by atoms with Gasteiger partial charge in [-0.25, -0.2) is 0 Å². The average Bonchev–Trinajstić information content (AvgIpc) is 3.01. The topological polar surface area (TPSA) is 26.0 Å². The quantitative estimate of drug-likeness (QED) is 0.833. The second-order valence-electron chi connectivity index (χ2n) is 4.94. The van der Waals surface area contributed by atoms with Crippen LogP contribution in [0.5, 0.6) is 0 Å². The molecule has 2 heteroatoms. The summed E-state index contributed by atoms with van der Waals surface area (Å²) < 4.78 is 0. The van der Waals surface area contributed by atoms with Gasteiger partial charge >= 0.3 is 0 Å². The highest BCUT2D eigenvalue weighted by Crippen LogP contribution is 2.46. The fourth-order valence-corrected chi connectivity index (χ4v) is 2.49. The Hall–Kier alpha value is -0.530. The number of nitrogens with two attached hydrogens (primary N) is 1. The molecule has 1 atom stereocenters. The van der Waals surface area contributed by atoms with Gasteiger partial charge < -0.3 is 5.73 Å². The van der Waals surface area contributed by atoms with Crippen molar-refractivity contribution >= 4 is 11.6 Å². The highest BCUT2D eigenvalue weighted by molar-refractivity contribution is 6.30. The maximum Gasteiger partial charge on any atom is 0.0408 e. The van der Waals surface area contributed by atoms with Crippen molar-refractivity contribution in [2.75, 3.05) is 6.54 Å². The summed E-state index contributed by atoms with van der Waals surface area (Å²) >= 11 is 5.98. The fourth-order valence-electron chi connectivity index (χ4n) is 2.28. The van der Waals surface area contributed by atoms with Gasteiger partial charge in [-0.2, -0.15) is 0 Å². The molecule has 0 bridgehead atoms. The van der Waals surface area contributed by atoms with Crippen LogP contribution in [0.15, 0.2) is 24.3 Å². The van der Waals surface area contributed by atoms with Gasteiger partial charge in [0.25, 0.3) is 0 Å². The van der Waals surface area contributed by atoms with Crippen molar-refractivity contribution in [3.05, 3.63) is 34.9 Å². The van der Waals surface area contributed by atoms with Gasteiger partial charge in [-0.1, -0.05) is 30.7 Å². The average molecular weight is 224 g/mol. The molecule has 1 unspecified atom stereocenters. The smallest absolute Gasteiger partial charge is 0.0408 e. The Morgan fingerprint density at radius 2 is 2.20 bits per heavy atom. The first-order chi connectivity index (χ1) is 7.14. The van der Waals surface area contributed by atoms with Crippen molar-refractivity contribution in [3.8, 4) is 0 Å². The summed E-state index contributed by atoms with van der Waals surface area (Å²) in [5.41, 5.74) is 7.48. The molecule has 1 aliphatic rings. The molecule has 1 nitrogen and oxygen atoms in total. The van der Waals surface area contributed by atoms with Crippen LogP contribution in [0.2, 0.25) is 5.02 Å². The van der Waals surface area contributed by atoms with E-state index in [0.717, 1.165) is 23.9 Å². The summed E-state index contributed by atoms with van der Waals surface area (Å²) in [4.78, 5) is 0. The van der Waals surface area contributed by atoms with E-state index in [-0.39, 0.29) is 5.41 Å². The number of hydrogen-bond donors (Lipinski definition) is 1. The summed E-state index contributed by atoms with van der Waals surface area (Å²) in [7, 11) is 0. The van der Waals surface area contributed by atoms with Crippen molar-refractivity contribution in [2.45, 2.75) is 26.2 Å². The first kappa shape index (κ1) is 11.0. The fraction of sp³-hybridized carbons (Fsp3) is 0.538. The van der Waals surface area contributed by atoms with Gasteiger partial charge in [0.1, 0.15) is 0 Å². The van der Waals surface area contributed by atoms with Gasteiger partial charge in [0.15, 0.2) is 0 Å². The Kier molecular flexibility index (Phi) is 3.03. The number of hydrogen-bond acceptors (Lipinski definition) is 1. The molecular formula is C13H18ClN. The third kappa shape index (κ3) is 2.53. The van der Waals surface area contributed by atoms with E-state index < -0.39 is 0 Å². The molecule has 0 aliphatic heterocycles. The van der Waals surface area contributed by atoms with Gasteiger partial charge in [0.2, 0.25) is 0 Å². The van der Waals surface area contributed by atoms with E-state index in [2.05, 4.69) is 19.1 Å². The van der Waals surface area contributed by atoms with E-state index in [1.54, 1.807) is 0 Å². The van der Waals surface area contributed by atoms with Crippen molar-refractivity contribution < 1.29 is 0 Å².